The van der Waals surface area contributed by atoms with Crippen LogP contribution in [0.25, 0.3) is 11.3 Å². The van der Waals surface area contributed by atoms with E-state index in [2.05, 4.69) is 31.5 Å². The van der Waals surface area contributed by atoms with Crippen LogP contribution in [0.3, 0.4) is 0 Å². The van der Waals surface area contributed by atoms with Gasteiger partial charge in [-0.05, 0) is 48.5 Å². The Bertz CT molecular complexity index is 1570. The van der Waals surface area contributed by atoms with Crippen molar-refractivity contribution in [3.05, 3.63) is 105 Å². The lowest BCUT2D eigenvalue weighted by Crippen LogP contribution is -2.33. The van der Waals surface area contributed by atoms with Crippen LogP contribution in [0, 0.1) is 5.82 Å². The van der Waals surface area contributed by atoms with Gasteiger partial charge in [0.25, 0.3) is 17.7 Å². The Hall–Kier alpha value is -3.86. The average Bonchev–Trinajstić information content (AvgIpc) is 3.44. The lowest BCUT2D eigenvalue weighted by Gasteiger charge is -2.15. The van der Waals surface area contributed by atoms with E-state index in [9.17, 15) is 18.8 Å². The number of para-hydroxylation sites is 1. The minimum absolute atomic E-state index is 0.185. The summed E-state index contributed by atoms with van der Waals surface area (Å²) in [5.74, 6) is -2.71. The third-order valence-electron chi connectivity index (χ3n) is 5.40. The van der Waals surface area contributed by atoms with Gasteiger partial charge in [-0.15, -0.1) is 11.3 Å². The molecule has 0 unspecified atom stereocenters. The molecular weight excluding hydrogens is 583 g/mol. The summed E-state index contributed by atoms with van der Waals surface area (Å²) in [5.41, 5.74) is 2.07. The fourth-order valence-corrected chi connectivity index (χ4v) is 4.76. The van der Waals surface area contributed by atoms with Crippen LogP contribution < -0.4 is 15.5 Å². The first kappa shape index (κ1) is 24.8. The van der Waals surface area contributed by atoms with Crippen molar-refractivity contribution in [3.63, 3.8) is 0 Å². The number of amides is 3. The molecule has 184 valence electrons. The van der Waals surface area contributed by atoms with Crippen molar-refractivity contribution < 1.29 is 18.8 Å². The van der Waals surface area contributed by atoms with Crippen molar-refractivity contribution in [2.75, 3.05) is 15.5 Å². The standard InChI is InChI=1S/C26H15BrClFN4O3S/c27-16-9-5-14(6-10-16)19-13-37-26(31-19)32-23(34)15-7-11-17(12-8-15)30-22-21(28)24(35)33(25(22)36)20-4-2-1-3-18(20)29/h1-13,30H,(H,31,32,34). The molecule has 0 fully saturated rings. The van der Waals surface area contributed by atoms with E-state index in [1.54, 1.807) is 24.3 Å². The second kappa shape index (κ2) is 10.3. The van der Waals surface area contributed by atoms with Gasteiger partial charge >= 0.3 is 0 Å². The highest BCUT2D eigenvalue weighted by molar-refractivity contribution is 9.10. The van der Waals surface area contributed by atoms with Crippen LogP contribution in [-0.2, 0) is 9.59 Å². The number of hydrogen-bond donors (Lipinski definition) is 2. The quantitative estimate of drug-likeness (QED) is 0.251. The first-order valence-corrected chi connectivity index (χ1v) is 12.8. The highest BCUT2D eigenvalue weighted by Gasteiger charge is 2.40. The van der Waals surface area contributed by atoms with Crippen LogP contribution in [0.1, 0.15) is 10.4 Å². The molecule has 37 heavy (non-hydrogen) atoms. The van der Waals surface area contributed by atoms with Crippen molar-refractivity contribution >= 4 is 73.1 Å². The molecule has 0 saturated carbocycles. The monoisotopic (exact) mass is 596 g/mol. The van der Waals surface area contributed by atoms with Gasteiger partial charge in [0.05, 0.1) is 11.4 Å². The second-order valence-electron chi connectivity index (χ2n) is 7.79. The van der Waals surface area contributed by atoms with Gasteiger partial charge in [-0.1, -0.05) is 51.8 Å². The van der Waals surface area contributed by atoms with E-state index in [4.69, 9.17) is 11.6 Å². The fraction of sp³-hybridized carbons (Fsp3) is 0. The maximum absolute atomic E-state index is 14.2. The van der Waals surface area contributed by atoms with Crippen LogP contribution in [0.15, 0.2) is 93.4 Å². The van der Waals surface area contributed by atoms with E-state index >= 15 is 0 Å². The SMILES string of the molecule is O=C(Nc1nc(-c2ccc(Br)cc2)cs1)c1ccc(NC2=C(Cl)C(=O)N(c3ccccc3F)C2=O)cc1. The van der Waals surface area contributed by atoms with E-state index in [0.717, 1.165) is 21.8 Å². The van der Waals surface area contributed by atoms with E-state index in [1.807, 2.05) is 29.6 Å². The summed E-state index contributed by atoms with van der Waals surface area (Å²) in [5, 5.41) is 7.51. The molecule has 3 amide bonds. The molecule has 11 heteroatoms. The van der Waals surface area contributed by atoms with Gasteiger partial charge < -0.3 is 5.32 Å². The number of rotatable bonds is 6. The van der Waals surface area contributed by atoms with Gasteiger partial charge in [0.1, 0.15) is 16.5 Å². The van der Waals surface area contributed by atoms with Crippen LogP contribution in [0.5, 0.6) is 0 Å². The molecule has 0 atom stereocenters. The highest BCUT2D eigenvalue weighted by Crippen LogP contribution is 2.32. The summed E-state index contributed by atoms with van der Waals surface area (Å²) in [6.45, 7) is 0. The minimum atomic E-state index is -0.832. The number of nitrogens with zero attached hydrogens (tertiary/aromatic N) is 2. The molecule has 0 spiro atoms. The molecule has 1 aromatic heterocycles. The first-order valence-electron chi connectivity index (χ1n) is 10.7. The number of hydrogen-bond acceptors (Lipinski definition) is 6. The van der Waals surface area contributed by atoms with Crippen molar-refractivity contribution in [1.29, 1.82) is 0 Å². The Morgan fingerprint density at radius 1 is 0.973 bits per heavy atom. The average molecular weight is 598 g/mol. The molecule has 0 bridgehead atoms. The summed E-state index contributed by atoms with van der Waals surface area (Å²) >= 11 is 10.8. The van der Waals surface area contributed by atoms with Crippen molar-refractivity contribution in [2.24, 2.45) is 0 Å². The third kappa shape index (κ3) is 5.04. The van der Waals surface area contributed by atoms with Gasteiger partial charge in [-0.25, -0.2) is 14.3 Å². The largest absolute Gasteiger partial charge is 0.350 e. The fourth-order valence-electron chi connectivity index (χ4n) is 3.57. The molecule has 5 rings (SSSR count). The molecule has 0 saturated heterocycles. The molecule has 7 nitrogen and oxygen atoms in total. The molecule has 1 aliphatic heterocycles. The Kier molecular flexibility index (Phi) is 6.88. The zero-order valence-corrected chi connectivity index (χ0v) is 21.8. The number of benzene rings is 3. The first-order chi connectivity index (χ1) is 17.8. The predicted octanol–water partition coefficient (Wildman–Crippen LogP) is 6.40. The van der Waals surface area contributed by atoms with Crippen LogP contribution in [0.2, 0.25) is 0 Å². The molecule has 3 aromatic carbocycles. The van der Waals surface area contributed by atoms with E-state index in [-0.39, 0.29) is 22.3 Å². The lowest BCUT2D eigenvalue weighted by molar-refractivity contribution is -0.120. The third-order valence-corrected chi connectivity index (χ3v) is 7.04. The molecule has 0 aliphatic carbocycles. The summed E-state index contributed by atoms with van der Waals surface area (Å²) in [6, 6.07) is 19.3. The van der Waals surface area contributed by atoms with Crippen LogP contribution in [-0.4, -0.2) is 22.7 Å². The smallest absolute Gasteiger partial charge is 0.283 e. The number of halogens is 3. The molecule has 0 radical (unpaired) electrons. The number of nitrogens with one attached hydrogen (secondary N) is 2. The molecule has 1 aliphatic rings. The van der Waals surface area contributed by atoms with Gasteiger partial charge in [0.2, 0.25) is 0 Å². The molecular formula is C26H15BrClFN4O3S. The number of thiazole rings is 1. The highest BCUT2D eigenvalue weighted by atomic mass is 79.9. The number of anilines is 3. The van der Waals surface area contributed by atoms with Crippen molar-refractivity contribution in [1.82, 2.24) is 4.98 Å². The molecule has 2 N–H and O–H groups in total. The van der Waals surface area contributed by atoms with Gasteiger partial charge in [-0.3, -0.25) is 19.7 Å². The van der Waals surface area contributed by atoms with Crippen molar-refractivity contribution in [3.8, 4) is 11.3 Å². The Balaban J connectivity index is 1.26. The number of carbonyl (C=O) groups excluding carboxylic acids is 3. The number of carbonyl (C=O) groups is 3. The zero-order valence-electron chi connectivity index (χ0n) is 18.7. The minimum Gasteiger partial charge on any atom is -0.350 e. The second-order valence-corrected chi connectivity index (χ2v) is 9.94. The van der Waals surface area contributed by atoms with Crippen molar-refractivity contribution in [2.45, 2.75) is 0 Å². The Morgan fingerprint density at radius 3 is 2.38 bits per heavy atom. The van der Waals surface area contributed by atoms with E-state index in [0.29, 0.717) is 21.3 Å². The summed E-state index contributed by atoms with van der Waals surface area (Å²) in [4.78, 5) is 43.2. The van der Waals surface area contributed by atoms with Crippen LogP contribution >= 0.6 is 38.9 Å². The van der Waals surface area contributed by atoms with Gasteiger partial charge in [0, 0.05) is 26.7 Å². The summed E-state index contributed by atoms with van der Waals surface area (Å²) in [7, 11) is 0. The topological polar surface area (TPSA) is 91.4 Å². The van der Waals surface area contributed by atoms with Gasteiger partial charge in [0.15, 0.2) is 5.13 Å². The predicted molar refractivity (Wildman–Crippen MR) is 145 cm³/mol. The lowest BCUT2D eigenvalue weighted by atomic mass is 10.2. The van der Waals surface area contributed by atoms with Gasteiger partial charge in [-0.2, -0.15) is 0 Å². The summed E-state index contributed by atoms with van der Waals surface area (Å²) in [6.07, 6.45) is 0. The van der Waals surface area contributed by atoms with Crippen LogP contribution in [0.4, 0.5) is 20.9 Å². The zero-order chi connectivity index (χ0) is 26.1. The Labute approximate surface area is 227 Å². The summed E-state index contributed by atoms with van der Waals surface area (Å²) < 4.78 is 15.1. The van der Waals surface area contributed by atoms with E-state index in [1.165, 1.54) is 29.5 Å². The van der Waals surface area contributed by atoms with E-state index < -0.39 is 17.6 Å². The number of imide groups is 1. The number of aromatic nitrogens is 1. The molecule has 2 heterocycles. The maximum Gasteiger partial charge on any atom is 0.283 e. The Morgan fingerprint density at radius 2 is 1.68 bits per heavy atom. The maximum atomic E-state index is 14.2. The normalized spacial score (nSPS) is 13.3. The molecule has 4 aromatic rings.